The Bertz CT molecular complexity index is 318. The predicted octanol–water partition coefficient (Wildman–Crippen LogP) is 2.02. The summed E-state index contributed by atoms with van der Waals surface area (Å²) in [4.78, 5) is 0. The first-order valence-electron chi connectivity index (χ1n) is 4.88. The van der Waals surface area contributed by atoms with Crippen LogP contribution >= 0.6 is 11.6 Å². The maximum atomic E-state index is 6.00. The molecule has 1 unspecified atom stereocenters. The standard InChI is InChI=1S/C9H14ClN3O/c1-6(2)8-11-12-9(10)13(8)7-3-4-14-5-7/h6-7H,3-5H2,1-2H3. The molecule has 1 aromatic rings. The van der Waals surface area contributed by atoms with Crippen molar-refractivity contribution >= 4 is 11.6 Å². The van der Waals surface area contributed by atoms with Crippen LogP contribution in [0.2, 0.25) is 5.28 Å². The molecule has 0 radical (unpaired) electrons. The Balaban J connectivity index is 2.33. The number of nitrogens with zero attached hydrogens (tertiary/aromatic N) is 3. The van der Waals surface area contributed by atoms with Gasteiger partial charge in [0, 0.05) is 12.5 Å². The van der Waals surface area contributed by atoms with Crippen LogP contribution in [0.1, 0.15) is 38.1 Å². The fraction of sp³-hybridized carbons (Fsp3) is 0.778. The summed E-state index contributed by atoms with van der Waals surface area (Å²) in [6.07, 6.45) is 0.998. The van der Waals surface area contributed by atoms with Gasteiger partial charge in [0.2, 0.25) is 5.28 Å². The molecule has 1 saturated heterocycles. The van der Waals surface area contributed by atoms with Crippen LogP contribution in [0, 0.1) is 0 Å². The van der Waals surface area contributed by atoms with Crippen LogP contribution in [-0.4, -0.2) is 28.0 Å². The third-order valence-electron chi connectivity index (χ3n) is 2.47. The Morgan fingerprint density at radius 2 is 2.29 bits per heavy atom. The summed E-state index contributed by atoms with van der Waals surface area (Å²) in [5, 5.41) is 8.47. The highest BCUT2D eigenvalue weighted by Crippen LogP contribution is 2.27. The molecule has 0 N–H and O–H groups in total. The molecule has 1 aliphatic rings. The van der Waals surface area contributed by atoms with Crippen LogP contribution in [0.4, 0.5) is 0 Å². The second-order valence-corrected chi connectivity index (χ2v) is 4.21. The summed E-state index contributed by atoms with van der Waals surface area (Å²) in [6.45, 7) is 5.70. The molecule has 1 aromatic heterocycles. The van der Waals surface area contributed by atoms with E-state index in [-0.39, 0.29) is 0 Å². The molecule has 14 heavy (non-hydrogen) atoms. The van der Waals surface area contributed by atoms with E-state index in [1.54, 1.807) is 0 Å². The van der Waals surface area contributed by atoms with Gasteiger partial charge in [-0.1, -0.05) is 13.8 Å². The normalized spacial score (nSPS) is 22.1. The van der Waals surface area contributed by atoms with Gasteiger partial charge in [-0.05, 0) is 18.0 Å². The first kappa shape index (κ1) is 9.93. The number of aromatic nitrogens is 3. The summed E-state index contributed by atoms with van der Waals surface area (Å²) in [5.74, 6) is 1.29. The van der Waals surface area contributed by atoms with E-state index in [1.165, 1.54) is 0 Å². The summed E-state index contributed by atoms with van der Waals surface area (Å²) < 4.78 is 7.33. The molecule has 4 nitrogen and oxygen atoms in total. The minimum Gasteiger partial charge on any atom is -0.379 e. The third-order valence-corrected chi connectivity index (χ3v) is 2.73. The van der Waals surface area contributed by atoms with Gasteiger partial charge >= 0.3 is 0 Å². The molecule has 0 spiro atoms. The number of hydrogen-bond acceptors (Lipinski definition) is 3. The van der Waals surface area contributed by atoms with E-state index >= 15 is 0 Å². The number of hydrogen-bond donors (Lipinski definition) is 0. The van der Waals surface area contributed by atoms with Crippen molar-refractivity contribution in [3.63, 3.8) is 0 Å². The van der Waals surface area contributed by atoms with Crippen LogP contribution in [0.25, 0.3) is 0 Å². The van der Waals surface area contributed by atoms with Gasteiger partial charge in [0.15, 0.2) is 0 Å². The largest absolute Gasteiger partial charge is 0.379 e. The van der Waals surface area contributed by atoms with Crippen LogP contribution in [0.15, 0.2) is 0 Å². The van der Waals surface area contributed by atoms with Crippen molar-refractivity contribution in [1.29, 1.82) is 0 Å². The molecular formula is C9H14ClN3O. The van der Waals surface area contributed by atoms with E-state index in [1.807, 2.05) is 4.57 Å². The van der Waals surface area contributed by atoms with Crippen molar-refractivity contribution in [1.82, 2.24) is 14.8 Å². The number of rotatable bonds is 2. The first-order chi connectivity index (χ1) is 6.70. The quantitative estimate of drug-likeness (QED) is 0.758. The molecule has 1 aliphatic heterocycles. The summed E-state index contributed by atoms with van der Waals surface area (Å²) in [5.41, 5.74) is 0. The van der Waals surface area contributed by atoms with Gasteiger partial charge in [-0.15, -0.1) is 10.2 Å². The smallest absolute Gasteiger partial charge is 0.225 e. The molecule has 0 aromatic carbocycles. The lowest BCUT2D eigenvalue weighted by Gasteiger charge is -2.14. The van der Waals surface area contributed by atoms with Crippen LogP contribution in [0.3, 0.4) is 0 Å². The van der Waals surface area contributed by atoms with E-state index in [2.05, 4.69) is 24.0 Å². The fourth-order valence-electron chi connectivity index (χ4n) is 1.74. The zero-order valence-electron chi connectivity index (χ0n) is 8.40. The van der Waals surface area contributed by atoms with Gasteiger partial charge in [-0.25, -0.2) is 0 Å². The monoisotopic (exact) mass is 215 g/mol. The van der Waals surface area contributed by atoms with Crippen molar-refractivity contribution in [3.05, 3.63) is 11.1 Å². The average molecular weight is 216 g/mol. The summed E-state index contributed by atoms with van der Waals surface area (Å²) in [7, 11) is 0. The minimum absolute atomic E-state index is 0.315. The van der Waals surface area contributed by atoms with Gasteiger partial charge < -0.3 is 4.74 Å². The Hall–Kier alpha value is -0.610. The maximum Gasteiger partial charge on any atom is 0.225 e. The lowest BCUT2D eigenvalue weighted by molar-refractivity contribution is 0.186. The van der Waals surface area contributed by atoms with Crippen molar-refractivity contribution < 1.29 is 4.74 Å². The molecule has 0 aliphatic carbocycles. The Morgan fingerprint density at radius 3 is 2.86 bits per heavy atom. The summed E-state index contributed by atoms with van der Waals surface area (Å²) in [6, 6.07) is 0.315. The van der Waals surface area contributed by atoms with E-state index in [4.69, 9.17) is 16.3 Å². The van der Waals surface area contributed by atoms with Gasteiger partial charge in [0.1, 0.15) is 5.82 Å². The molecule has 78 valence electrons. The van der Waals surface area contributed by atoms with Crippen molar-refractivity contribution in [2.75, 3.05) is 13.2 Å². The van der Waals surface area contributed by atoms with E-state index in [0.29, 0.717) is 17.2 Å². The van der Waals surface area contributed by atoms with Crippen molar-refractivity contribution in [2.45, 2.75) is 32.2 Å². The Labute approximate surface area is 88.2 Å². The molecule has 0 bridgehead atoms. The second-order valence-electron chi connectivity index (χ2n) is 3.87. The van der Waals surface area contributed by atoms with Crippen molar-refractivity contribution in [2.24, 2.45) is 0 Å². The van der Waals surface area contributed by atoms with Crippen LogP contribution in [-0.2, 0) is 4.74 Å². The lowest BCUT2D eigenvalue weighted by Crippen LogP contribution is -2.13. The number of ether oxygens (including phenoxy) is 1. The lowest BCUT2D eigenvalue weighted by atomic mass is 10.2. The molecular weight excluding hydrogens is 202 g/mol. The average Bonchev–Trinajstić information content (AvgIpc) is 2.71. The maximum absolute atomic E-state index is 6.00. The molecule has 1 fully saturated rings. The minimum atomic E-state index is 0.315. The van der Waals surface area contributed by atoms with Gasteiger partial charge in [-0.2, -0.15) is 0 Å². The Kier molecular flexibility index (Phi) is 2.74. The van der Waals surface area contributed by atoms with Gasteiger partial charge in [-0.3, -0.25) is 4.57 Å². The van der Waals surface area contributed by atoms with Crippen LogP contribution in [0.5, 0.6) is 0 Å². The fourth-order valence-corrected chi connectivity index (χ4v) is 2.00. The third kappa shape index (κ3) is 1.64. The van der Waals surface area contributed by atoms with E-state index in [0.717, 1.165) is 25.5 Å². The molecule has 5 heteroatoms. The van der Waals surface area contributed by atoms with Gasteiger partial charge in [0.25, 0.3) is 0 Å². The number of halogens is 1. The van der Waals surface area contributed by atoms with Crippen LogP contribution < -0.4 is 0 Å². The zero-order chi connectivity index (χ0) is 10.1. The SMILES string of the molecule is CC(C)c1nnc(Cl)n1C1CCOC1. The molecule has 0 amide bonds. The molecule has 0 saturated carbocycles. The first-order valence-corrected chi connectivity index (χ1v) is 5.26. The summed E-state index contributed by atoms with van der Waals surface area (Å²) >= 11 is 6.00. The Morgan fingerprint density at radius 1 is 1.50 bits per heavy atom. The molecule has 1 atom stereocenters. The molecule has 2 heterocycles. The van der Waals surface area contributed by atoms with Crippen molar-refractivity contribution in [3.8, 4) is 0 Å². The highest BCUT2D eigenvalue weighted by Gasteiger charge is 2.24. The second kappa shape index (κ2) is 3.87. The topological polar surface area (TPSA) is 39.9 Å². The van der Waals surface area contributed by atoms with Gasteiger partial charge in [0.05, 0.1) is 12.6 Å². The zero-order valence-corrected chi connectivity index (χ0v) is 9.16. The predicted molar refractivity (Wildman–Crippen MR) is 53.6 cm³/mol. The highest BCUT2D eigenvalue weighted by molar-refractivity contribution is 6.28. The van der Waals surface area contributed by atoms with E-state index < -0.39 is 0 Å². The molecule has 2 rings (SSSR count). The highest BCUT2D eigenvalue weighted by atomic mass is 35.5. The van der Waals surface area contributed by atoms with E-state index in [9.17, 15) is 0 Å².